The zero-order valence-electron chi connectivity index (χ0n) is 23.9. The highest BCUT2D eigenvalue weighted by Gasteiger charge is 2.40. The lowest BCUT2D eigenvalue weighted by Crippen LogP contribution is -2.42. The number of carbonyl (C=O) groups is 1. The largest absolute Gasteiger partial charge is 0.496 e. The summed E-state index contributed by atoms with van der Waals surface area (Å²) in [6.07, 6.45) is 12.6. The average Bonchev–Trinajstić information content (AvgIpc) is 2.77. The van der Waals surface area contributed by atoms with Crippen molar-refractivity contribution in [1.82, 2.24) is 0 Å². The van der Waals surface area contributed by atoms with E-state index < -0.39 is 11.6 Å². The third-order valence-electron chi connectivity index (χ3n) is 8.34. The van der Waals surface area contributed by atoms with Crippen molar-refractivity contribution in [3.63, 3.8) is 0 Å². The molecule has 0 spiro atoms. The van der Waals surface area contributed by atoms with Crippen LogP contribution in [-0.4, -0.2) is 23.8 Å². The Balaban J connectivity index is 1.92. The monoisotopic (exact) mass is 488 g/mol. The summed E-state index contributed by atoms with van der Waals surface area (Å²) in [5.74, 6) is 3.36. The smallest absolute Gasteiger partial charge is 0.307 e. The third-order valence-corrected chi connectivity index (χ3v) is 8.34. The summed E-state index contributed by atoms with van der Waals surface area (Å²) in [7, 11) is 1.72. The standard InChI is InChI=1S/C31H52O4/c1-21(2)12-9-13-22(3)14-10-15-23(4)16-11-18-31(20-28(32)33)19-17-27-26(7)29(34-8)24(5)25(6)30(27)35-31/h21-23H,9-20H2,1-8H3,(H,32,33)/t22-,23-,31+/m1/s1. The van der Waals surface area contributed by atoms with Gasteiger partial charge in [0.15, 0.2) is 0 Å². The second kappa shape index (κ2) is 13.6. The van der Waals surface area contributed by atoms with Crippen molar-refractivity contribution in [2.24, 2.45) is 17.8 Å². The molecule has 200 valence electrons. The lowest BCUT2D eigenvalue weighted by molar-refractivity contribution is -0.142. The molecule has 0 bridgehead atoms. The van der Waals surface area contributed by atoms with Crippen molar-refractivity contribution in [3.05, 3.63) is 22.3 Å². The molecule has 3 atom stereocenters. The molecule has 1 aliphatic rings. The van der Waals surface area contributed by atoms with Crippen molar-refractivity contribution in [1.29, 1.82) is 0 Å². The van der Waals surface area contributed by atoms with E-state index in [0.29, 0.717) is 5.92 Å². The fourth-order valence-corrected chi connectivity index (χ4v) is 5.94. The molecule has 2 rings (SSSR count). The molecule has 1 aromatic rings. The number of methoxy groups -OCH3 is 1. The number of benzene rings is 1. The van der Waals surface area contributed by atoms with Gasteiger partial charge in [0.2, 0.25) is 0 Å². The van der Waals surface area contributed by atoms with Crippen LogP contribution in [0.5, 0.6) is 11.5 Å². The van der Waals surface area contributed by atoms with Crippen LogP contribution in [0.4, 0.5) is 0 Å². The molecule has 1 heterocycles. The minimum atomic E-state index is -0.771. The second-order valence-corrected chi connectivity index (χ2v) is 11.9. The molecule has 0 aliphatic carbocycles. The molecule has 4 heteroatoms. The first kappa shape index (κ1) is 29.5. The van der Waals surface area contributed by atoms with E-state index in [2.05, 4.69) is 48.5 Å². The van der Waals surface area contributed by atoms with Gasteiger partial charge in [0.05, 0.1) is 13.5 Å². The van der Waals surface area contributed by atoms with Crippen LogP contribution in [-0.2, 0) is 11.2 Å². The zero-order valence-corrected chi connectivity index (χ0v) is 23.9. The summed E-state index contributed by atoms with van der Waals surface area (Å²) in [5.41, 5.74) is 3.86. The van der Waals surface area contributed by atoms with Crippen LogP contribution < -0.4 is 9.47 Å². The first-order valence-electron chi connectivity index (χ1n) is 14.1. The minimum Gasteiger partial charge on any atom is -0.496 e. The Morgan fingerprint density at radius 3 is 2.03 bits per heavy atom. The Kier molecular flexibility index (Phi) is 11.4. The predicted molar refractivity (Wildman–Crippen MR) is 146 cm³/mol. The van der Waals surface area contributed by atoms with Gasteiger partial charge in [-0.05, 0) is 80.9 Å². The van der Waals surface area contributed by atoms with Gasteiger partial charge in [0.25, 0.3) is 0 Å². The quantitative estimate of drug-likeness (QED) is 0.268. The summed E-state index contributed by atoms with van der Waals surface area (Å²) in [4.78, 5) is 11.8. The molecule has 0 amide bonds. The molecule has 0 unspecified atom stereocenters. The Bertz CT molecular complexity index is 828. The highest BCUT2D eigenvalue weighted by molar-refractivity contribution is 5.69. The molecular weight excluding hydrogens is 436 g/mol. The van der Waals surface area contributed by atoms with E-state index in [4.69, 9.17) is 9.47 Å². The molecule has 1 aromatic carbocycles. The molecule has 4 nitrogen and oxygen atoms in total. The number of aliphatic carboxylic acids is 1. The number of rotatable bonds is 15. The van der Waals surface area contributed by atoms with E-state index in [0.717, 1.165) is 72.1 Å². The molecule has 1 N–H and O–H groups in total. The van der Waals surface area contributed by atoms with Gasteiger partial charge in [-0.1, -0.05) is 72.6 Å². The summed E-state index contributed by atoms with van der Waals surface area (Å²) in [6, 6.07) is 0. The van der Waals surface area contributed by atoms with Crippen molar-refractivity contribution < 1.29 is 19.4 Å². The number of carboxylic acids is 1. The third kappa shape index (κ3) is 8.43. The summed E-state index contributed by atoms with van der Waals surface area (Å²) < 4.78 is 12.3. The molecule has 0 saturated carbocycles. The minimum absolute atomic E-state index is 0.0677. The first-order chi connectivity index (χ1) is 16.5. The lowest BCUT2D eigenvalue weighted by Gasteiger charge is -2.40. The van der Waals surface area contributed by atoms with E-state index in [9.17, 15) is 9.90 Å². The van der Waals surface area contributed by atoms with E-state index in [-0.39, 0.29) is 6.42 Å². The molecular formula is C31H52O4. The Hall–Kier alpha value is -1.71. The maximum absolute atomic E-state index is 11.8. The Labute approximate surface area is 215 Å². The molecule has 0 radical (unpaired) electrons. The van der Waals surface area contributed by atoms with Gasteiger partial charge in [0, 0.05) is 5.56 Å². The summed E-state index contributed by atoms with van der Waals surface area (Å²) >= 11 is 0. The topological polar surface area (TPSA) is 55.8 Å². The van der Waals surface area contributed by atoms with Crippen LogP contribution >= 0.6 is 0 Å². The normalized spacial score (nSPS) is 19.2. The number of hydrogen-bond donors (Lipinski definition) is 1. The SMILES string of the molecule is COc1c(C)c(C)c2c(c1C)CC[C@@](CCC[C@H](C)CCC[C@H](C)CCCC(C)C)(CC(=O)O)O2. The molecule has 35 heavy (non-hydrogen) atoms. The van der Waals surface area contributed by atoms with E-state index in [1.807, 2.05) is 0 Å². The van der Waals surface area contributed by atoms with Gasteiger partial charge < -0.3 is 14.6 Å². The van der Waals surface area contributed by atoms with Gasteiger partial charge in [-0.3, -0.25) is 4.79 Å². The van der Waals surface area contributed by atoms with Crippen molar-refractivity contribution in [2.75, 3.05) is 7.11 Å². The second-order valence-electron chi connectivity index (χ2n) is 11.9. The Morgan fingerprint density at radius 2 is 1.49 bits per heavy atom. The summed E-state index contributed by atoms with van der Waals surface area (Å²) in [5, 5.41) is 9.71. The maximum atomic E-state index is 11.8. The Morgan fingerprint density at radius 1 is 0.914 bits per heavy atom. The van der Waals surface area contributed by atoms with Crippen LogP contribution in [0.15, 0.2) is 0 Å². The highest BCUT2D eigenvalue weighted by Crippen LogP contribution is 2.46. The van der Waals surface area contributed by atoms with E-state index >= 15 is 0 Å². The highest BCUT2D eigenvalue weighted by atomic mass is 16.5. The average molecular weight is 489 g/mol. The van der Waals surface area contributed by atoms with Gasteiger partial charge >= 0.3 is 5.97 Å². The van der Waals surface area contributed by atoms with Crippen molar-refractivity contribution >= 4 is 5.97 Å². The maximum Gasteiger partial charge on any atom is 0.307 e. The lowest BCUT2D eigenvalue weighted by atomic mass is 9.81. The van der Waals surface area contributed by atoms with Crippen molar-refractivity contribution in [2.45, 2.75) is 131 Å². The number of hydrogen-bond acceptors (Lipinski definition) is 3. The van der Waals surface area contributed by atoms with Gasteiger partial charge in [0.1, 0.15) is 17.1 Å². The predicted octanol–water partition coefficient (Wildman–Crippen LogP) is 8.60. The zero-order chi connectivity index (χ0) is 26.2. The van der Waals surface area contributed by atoms with E-state index in [1.165, 1.54) is 44.1 Å². The number of carboxylic acid groups (broad SMARTS) is 1. The van der Waals surface area contributed by atoms with Crippen LogP contribution in [0.2, 0.25) is 0 Å². The van der Waals surface area contributed by atoms with Crippen LogP contribution in [0.1, 0.15) is 121 Å². The van der Waals surface area contributed by atoms with Crippen LogP contribution in [0.3, 0.4) is 0 Å². The molecule has 0 saturated heterocycles. The van der Waals surface area contributed by atoms with Crippen LogP contribution in [0, 0.1) is 38.5 Å². The summed E-state index contributed by atoms with van der Waals surface area (Å²) in [6.45, 7) is 15.6. The first-order valence-corrected chi connectivity index (χ1v) is 14.1. The van der Waals surface area contributed by atoms with Crippen LogP contribution in [0.25, 0.3) is 0 Å². The number of ether oxygens (including phenoxy) is 2. The molecule has 0 aromatic heterocycles. The van der Waals surface area contributed by atoms with Gasteiger partial charge in [-0.2, -0.15) is 0 Å². The molecule has 1 aliphatic heterocycles. The van der Waals surface area contributed by atoms with E-state index in [1.54, 1.807) is 7.11 Å². The number of fused-ring (bicyclic) bond motifs is 1. The van der Waals surface area contributed by atoms with Gasteiger partial charge in [-0.15, -0.1) is 0 Å². The molecule has 0 fully saturated rings. The van der Waals surface area contributed by atoms with Crippen molar-refractivity contribution in [3.8, 4) is 11.5 Å². The van der Waals surface area contributed by atoms with Gasteiger partial charge in [-0.25, -0.2) is 0 Å². The fourth-order valence-electron chi connectivity index (χ4n) is 5.94. The fraction of sp³-hybridized carbons (Fsp3) is 0.774.